The molecular formula is C17H18N4O3S. The van der Waals surface area contributed by atoms with Gasteiger partial charge in [0.25, 0.3) is 5.69 Å². The van der Waals surface area contributed by atoms with Gasteiger partial charge in [0.2, 0.25) is 0 Å². The summed E-state index contributed by atoms with van der Waals surface area (Å²) in [5, 5.41) is 18.2. The van der Waals surface area contributed by atoms with E-state index in [0.717, 1.165) is 17.0 Å². The second-order valence-electron chi connectivity index (χ2n) is 5.02. The van der Waals surface area contributed by atoms with Crippen LogP contribution >= 0.6 is 12.2 Å². The van der Waals surface area contributed by atoms with Crippen molar-refractivity contribution in [2.45, 2.75) is 13.8 Å². The van der Waals surface area contributed by atoms with E-state index in [1.807, 2.05) is 31.2 Å². The lowest BCUT2D eigenvalue weighted by Gasteiger charge is -2.09. The summed E-state index contributed by atoms with van der Waals surface area (Å²) >= 11 is 5.19. The third kappa shape index (κ3) is 5.54. The van der Waals surface area contributed by atoms with Crippen molar-refractivity contribution in [2.24, 2.45) is 5.10 Å². The molecule has 0 amide bonds. The summed E-state index contributed by atoms with van der Waals surface area (Å²) in [6.07, 6.45) is 0. The van der Waals surface area contributed by atoms with E-state index in [4.69, 9.17) is 17.0 Å². The zero-order valence-electron chi connectivity index (χ0n) is 13.9. The summed E-state index contributed by atoms with van der Waals surface area (Å²) in [5.74, 6) is 0.791. The molecule has 0 aromatic heterocycles. The maximum Gasteiger partial charge on any atom is 0.269 e. The van der Waals surface area contributed by atoms with Gasteiger partial charge in [-0.25, -0.2) is 0 Å². The number of non-ortho nitro benzene ring substituents is 1. The zero-order valence-corrected chi connectivity index (χ0v) is 14.7. The van der Waals surface area contributed by atoms with Gasteiger partial charge >= 0.3 is 0 Å². The summed E-state index contributed by atoms with van der Waals surface area (Å²) in [5.41, 5.74) is 5.02. The summed E-state index contributed by atoms with van der Waals surface area (Å²) in [6.45, 7) is 4.33. The Balaban J connectivity index is 1.93. The number of ether oxygens (including phenoxy) is 1. The molecule has 7 nitrogen and oxygen atoms in total. The second-order valence-corrected chi connectivity index (χ2v) is 5.43. The van der Waals surface area contributed by atoms with Crippen molar-refractivity contribution in [3.8, 4) is 5.75 Å². The fraction of sp³-hybridized carbons (Fsp3) is 0.176. The number of nitro benzene ring substituents is 1. The van der Waals surface area contributed by atoms with E-state index >= 15 is 0 Å². The Kier molecular flexibility index (Phi) is 6.41. The predicted octanol–water partition coefficient (Wildman–Crippen LogP) is 3.70. The van der Waals surface area contributed by atoms with Gasteiger partial charge in [0.15, 0.2) is 5.11 Å². The molecule has 0 spiro atoms. The van der Waals surface area contributed by atoms with E-state index < -0.39 is 4.92 Å². The first kappa shape index (κ1) is 18.3. The van der Waals surface area contributed by atoms with Gasteiger partial charge in [-0.1, -0.05) is 0 Å². The molecule has 8 heteroatoms. The maximum absolute atomic E-state index is 10.7. The van der Waals surface area contributed by atoms with Crippen LogP contribution in [-0.4, -0.2) is 22.4 Å². The van der Waals surface area contributed by atoms with Gasteiger partial charge in [0.1, 0.15) is 5.75 Å². The number of benzene rings is 2. The van der Waals surface area contributed by atoms with Crippen molar-refractivity contribution in [3.05, 3.63) is 64.2 Å². The summed E-state index contributed by atoms with van der Waals surface area (Å²) < 4.78 is 5.38. The van der Waals surface area contributed by atoms with Gasteiger partial charge in [-0.15, -0.1) is 0 Å². The number of anilines is 1. The summed E-state index contributed by atoms with van der Waals surface area (Å²) in [7, 11) is 0. The molecule has 0 heterocycles. The zero-order chi connectivity index (χ0) is 18.2. The molecule has 0 saturated heterocycles. The lowest BCUT2D eigenvalue weighted by atomic mass is 10.1. The lowest BCUT2D eigenvalue weighted by Crippen LogP contribution is -2.24. The van der Waals surface area contributed by atoms with Crippen molar-refractivity contribution < 1.29 is 9.66 Å². The first-order valence-corrected chi connectivity index (χ1v) is 7.99. The van der Waals surface area contributed by atoms with E-state index in [9.17, 15) is 10.1 Å². The quantitative estimate of drug-likeness (QED) is 0.354. The van der Waals surface area contributed by atoms with Crippen LogP contribution < -0.4 is 15.5 Å². The molecule has 130 valence electrons. The van der Waals surface area contributed by atoms with Gasteiger partial charge in [-0.2, -0.15) is 5.10 Å². The topological polar surface area (TPSA) is 88.8 Å². The van der Waals surface area contributed by atoms with Gasteiger partial charge < -0.3 is 10.1 Å². The lowest BCUT2D eigenvalue weighted by molar-refractivity contribution is -0.384. The van der Waals surface area contributed by atoms with E-state index in [2.05, 4.69) is 15.8 Å². The highest BCUT2D eigenvalue weighted by Crippen LogP contribution is 2.15. The number of hydrazone groups is 1. The van der Waals surface area contributed by atoms with Crippen LogP contribution in [-0.2, 0) is 0 Å². The third-order valence-corrected chi connectivity index (χ3v) is 3.44. The highest BCUT2D eigenvalue weighted by atomic mass is 32.1. The largest absolute Gasteiger partial charge is 0.494 e. The summed E-state index contributed by atoms with van der Waals surface area (Å²) in [6, 6.07) is 13.6. The van der Waals surface area contributed by atoms with Crippen LogP contribution in [0.5, 0.6) is 5.75 Å². The van der Waals surface area contributed by atoms with E-state index in [0.29, 0.717) is 17.4 Å². The highest BCUT2D eigenvalue weighted by Gasteiger charge is 2.05. The van der Waals surface area contributed by atoms with E-state index in [1.54, 1.807) is 19.1 Å². The Labute approximate surface area is 150 Å². The number of thiocarbonyl (C=S) groups is 1. The number of rotatable bonds is 6. The van der Waals surface area contributed by atoms with Gasteiger partial charge in [-0.3, -0.25) is 15.5 Å². The molecule has 2 N–H and O–H groups in total. The SMILES string of the molecule is CCOc1ccc(NC(=S)N/N=C(/C)c2ccc([N+](=O)[O-])cc2)cc1. The van der Waals surface area contributed by atoms with Crippen molar-refractivity contribution in [1.82, 2.24) is 5.43 Å². The molecule has 0 bridgehead atoms. The Morgan fingerprint density at radius 2 is 1.84 bits per heavy atom. The molecule has 0 aliphatic heterocycles. The van der Waals surface area contributed by atoms with Crippen LogP contribution in [0.4, 0.5) is 11.4 Å². The fourth-order valence-corrected chi connectivity index (χ4v) is 2.15. The average Bonchev–Trinajstić information content (AvgIpc) is 2.61. The van der Waals surface area contributed by atoms with Crippen LogP contribution in [0.1, 0.15) is 19.4 Å². The molecule has 0 aliphatic rings. The molecule has 25 heavy (non-hydrogen) atoms. The molecule has 0 radical (unpaired) electrons. The molecule has 0 unspecified atom stereocenters. The molecule has 2 rings (SSSR count). The van der Waals surface area contributed by atoms with Crippen molar-refractivity contribution >= 4 is 34.4 Å². The third-order valence-electron chi connectivity index (χ3n) is 3.24. The molecule has 0 saturated carbocycles. The maximum atomic E-state index is 10.7. The molecular weight excluding hydrogens is 340 g/mol. The van der Waals surface area contributed by atoms with Crippen LogP contribution in [0, 0.1) is 10.1 Å². The Morgan fingerprint density at radius 1 is 1.20 bits per heavy atom. The molecule has 0 aliphatic carbocycles. The average molecular weight is 358 g/mol. The minimum Gasteiger partial charge on any atom is -0.494 e. The van der Waals surface area contributed by atoms with Crippen molar-refractivity contribution in [1.29, 1.82) is 0 Å². The smallest absolute Gasteiger partial charge is 0.269 e. The minimum atomic E-state index is -0.440. The van der Waals surface area contributed by atoms with Gasteiger partial charge in [0.05, 0.1) is 17.2 Å². The monoisotopic (exact) mass is 358 g/mol. The highest BCUT2D eigenvalue weighted by molar-refractivity contribution is 7.80. The molecule has 0 atom stereocenters. The standard InChI is InChI=1S/C17H18N4O3S/c1-3-24-16-10-6-14(7-11-16)18-17(25)20-19-12(2)13-4-8-15(9-5-13)21(22)23/h4-11H,3H2,1-2H3,(H2,18,20,25)/b19-12-. The van der Waals surface area contributed by atoms with Crippen molar-refractivity contribution in [2.75, 3.05) is 11.9 Å². The second kappa shape index (κ2) is 8.74. The first-order valence-electron chi connectivity index (χ1n) is 7.58. The Hall–Kier alpha value is -3.00. The van der Waals surface area contributed by atoms with Gasteiger partial charge in [0, 0.05) is 17.8 Å². The normalized spacial score (nSPS) is 10.9. The van der Waals surface area contributed by atoms with Gasteiger partial charge in [-0.05, 0) is 68.0 Å². The number of nitrogens with zero attached hydrogens (tertiary/aromatic N) is 2. The van der Waals surface area contributed by atoms with E-state index in [-0.39, 0.29) is 5.69 Å². The summed E-state index contributed by atoms with van der Waals surface area (Å²) in [4.78, 5) is 10.2. The number of nitrogens with one attached hydrogen (secondary N) is 2. The van der Waals surface area contributed by atoms with Crippen LogP contribution in [0.25, 0.3) is 0 Å². The van der Waals surface area contributed by atoms with E-state index in [1.165, 1.54) is 12.1 Å². The number of hydrogen-bond acceptors (Lipinski definition) is 5. The number of hydrogen-bond donors (Lipinski definition) is 2. The van der Waals surface area contributed by atoms with Crippen molar-refractivity contribution in [3.63, 3.8) is 0 Å². The number of nitro groups is 1. The fourth-order valence-electron chi connectivity index (χ4n) is 1.98. The Bertz CT molecular complexity index is 773. The molecule has 0 fully saturated rings. The van der Waals surface area contributed by atoms with Crippen LogP contribution in [0.3, 0.4) is 0 Å². The molecule has 2 aromatic carbocycles. The predicted molar refractivity (Wildman–Crippen MR) is 102 cm³/mol. The first-order chi connectivity index (χ1) is 12.0. The van der Waals surface area contributed by atoms with Crippen LogP contribution in [0.2, 0.25) is 0 Å². The molecule has 2 aromatic rings. The Morgan fingerprint density at radius 3 is 2.40 bits per heavy atom. The van der Waals surface area contributed by atoms with Crippen LogP contribution in [0.15, 0.2) is 53.6 Å². The minimum absolute atomic E-state index is 0.0391.